The molecule has 1 atom stereocenters. The average Bonchev–Trinajstić information content (AvgIpc) is 2.90. The number of piperidine rings is 1. The summed E-state index contributed by atoms with van der Waals surface area (Å²) in [6, 6.07) is 4.08. The van der Waals surface area contributed by atoms with Crippen LogP contribution in [0.2, 0.25) is 0 Å². The van der Waals surface area contributed by atoms with Gasteiger partial charge in [-0.1, -0.05) is 6.92 Å². The van der Waals surface area contributed by atoms with Gasteiger partial charge in [0.2, 0.25) is 0 Å². The zero-order chi connectivity index (χ0) is 16.2. The van der Waals surface area contributed by atoms with Gasteiger partial charge >= 0.3 is 6.09 Å². The minimum Gasteiger partial charge on any atom is -0.444 e. The highest BCUT2D eigenvalue weighted by Crippen LogP contribution is 2.29. The second-order valence-corrected chi connectivity index (χ2v) is 7.62. The van der Waals surface area contributed by atoms with E-state index in [0.717, 1.165) is 39.0 Å². The lowest BCUT2D eigenvalue weighted by Crippen LogP contribution is -2.50. The third-order valence-electron chi connectivity index (χ3n) is 3.96. The van der Waals surface area contributed by atoms with Crippen LogP contribution in [0.1, 0.15) is 46.2 Å². The summed E-state index contributed by atoms with van der Waals surface area (Å²) >= 11 is 0. The number of nitrogens with zero attached hydrogens (tertiary/aromatic N) is 1. The van der Waals surface area contributed by atoms with Gasteiger partial charge in [0.15, 0.2) is 0 Å². The maximum absolute atomic E-state index is 12.2. The Kier molecular flexibility index (Phi) is 5.16. The molecule has 0 spiro atoms. The molecule has 22 heavy (non-hydrogen) atoms. The second-order valence-electron chi connectivity index (χ2n) is 7.62. The van der Waals surface area contributed by atoms with Gasteiger partial charge in [0.25, 0.3) is 0 Å². The fourth-order valence-electron chi connectivity index (χ4n) is 2.92. The van der Waals surface area contributed by atoms with Crippen molar-refractivity contribution in [3.05, 3.63) is 24.0 Å². The molecule has 0 saturated carbocycles. The monoisotopic (exact) mass is 307 g/mol. The number of nitrogens with one attached hydrogen (secondary N) is 2. The number of likely N-dealkylation sites (tertiary alicyclic amines) is 1. The molecule has 1 aliphatic heterocycles. The summed E-state index contributed by atoms with van der Waals surface area (Å²) in [5.74, 6) is 0. The van der Waals surface area contributed by atoms with Gasteiger partial charge in [0.1, 0.15) is 5.60 Å². The number of aromatic nitrogens is 1. The van der Waals surface area contributed by atoms with E-state index in [4.69, 9.17) is 4.74 Å². The van der Waals surface area contributed by atoms with Crippen LogP contribution in [0.5, 0.6) is 0 Å². The Balaban J connectivity index is 1.84. The molecule has 5 heteroatoms. The summed E-state index contributed by atoms with van der Waals surface area (Å²) in [6.07, 6.45) is 3.90. The molecule has 5 nitrogen and oxygen atoms in total. The fourth-order valence-corrected chi connectivity index (χ4v) is 2.92. The lowest BCUT2D eigenvalue weighted by molar-refractivity contribution is 0.00674. The molecule has 1 aromatic rings. The van der Waals surface area contributed by atoms with Crippen molar-refractivity contribution in [2.24, 2.45) is 5.41 Å². The van der Waals surface area contributed by atoms with Crippen molar-refractivity contribution in [2.45, 2.75) is 52.7 Å². The molecule has 2 heterocycles. The third-order valence-corrected chi connectivity index (χ3v) is 3.96. The number of hydrogen-bond acceptors (Lipinski definition) is 3. The minimum atomic E-state index is -0.434. The van der Waals surface area contributed by atoms with Crippen LogP contribution >= 0.6 is 0 Å². The Labute approximate surface area is 133 Å². The number of rotatable bonds is 4. The van der Waals surface area contributed by atoms with E-state index in [2.05, 4.69) is 23.3 Å². The normalized spacial score (nSPS) is 22.6. The summed E-state index contributed by atoms with van der Waals surface area (Å²) in [6.45, 7) is 11.2. The number of H-pyrrole nitrogens is 1. The van der Waals surface area contributed by atoms with Crippen molar-refractivity contribution >= 4 is 6.09 Å². The van der Waals surface area contributed by atoms with E-state index in [1.807, 2.05) is 37.9 Å². The van der Waals surface area contributed by atoms with E-state index in [1.165, 1.54) is 5.69 Å². The first-order valence-corrected chi connectivity index (χ1v) is 8.08. The lowest BCUT2D eigenvalue weighted by atomic mass is 9.82. The number of aromatic amines is 1. The summed E-state index contributed by atoms with van der Waals surface area (Å²) in [5, 5.41) is 3.50. The molecule has 124 valence electrons. The number of ether oxygens (including phenoxy) is 1. The van der Waals surface area contributed by atoms with Crippen LogP contribution in [0, 0.1) is 5.41 Å². The first-order chi connectivity index (χ1) is 10.3. The zero-order valence-corrected chi connectivity index (χ0v) is 14.2. The van der Waals surface area contributed by atoms with Gasteiger partial charge in [-0.05, 0) is 51.2 Å². The first-order valence-electron chi connectivity index (χ1n) is 8.08. The van der Waals surface area contributed by atoms with Gasteiger partial charge < -0.3 is 19.9 Å². The van der Waals surface area contributed by atoms with Gasteiger partial charge in [-0.3, -0.25) is 0 Å². The Hall–Kier alpha value is -1.49. The van der Waals surface area contributed by atoms with Crippen molar-refractivity contribution in [1.82, 2.24) is 15.2 Å². The van der Waals surface area contributed by atoms with Crippen LogP contribution in [-0.4, -0.2) is 41.2 Å². The summed E-state index contributed by atoms with van der Waals surface area (Å²) in [4.78, 5) is 17.3. The topological polar surface area (TPSA) is 57.4 Å². The number of carbonyl (C=O) groups excluding carboxylic acids is 1. The number of hydrogen-bond donors (Lipinski definition) is 2. The average molecular weight is 307 g/mol. The van der Waals surface area contributed by atoms with Gasteiger partial charge in [0, 0.05) is 38.1 Å². The van der Waals surface area contributed by atoms with Crippen molar-refractivity contribution < 1.29 is 9.53 Å². The van der Waals surface area contributed by atoms with E-state index in [0.29, 0.717) is 0 Å². The van der Waals surface area contributed by atoms with Crippen LogP contribution in [0.4, 0.5) is 4.79 Å². The molecule has 1 saturated heterocycles. The summed E-state index contributed by atoms with van der Waals surface area (Å²) in [5.41, 5.74) is 0.849. The molecular formula is C17H29N3O2. The predicted octanol–water partition coefficient (Wildman–Crippen LogP) is 3.14. The molecule has 1 aromatic heterocycles. The van der Waals surface area contributed by atoms with Crippen molar-refractivity contribution in [1.29, 1.82) is 0 Å². The van der Waals surface area contributed by atoms with Gasteiger partial charge in [-0.15, -0.1) is 0 Å². The number of amides is 1. The van der Waals surface area contributed by atoms with Gasteiger partial charge in [0.05, 0.1) is 0 Å². The largest absolute Gasteiger partial charge is 0.444 e. The fraction of sp³-hybridized carbons (Fsp3) is 0.706. The Morgan fingerprint density at radius 3 is 2.91 bits per heavy atom. The molecule has 0 aliphatic carbocycles. The third kappa shape index (κ3) is 5.05. The molecule has 2 N–H and O–H groups in total. The Bertz CT molecular complexity index is 479. The van der Waals surface area contributed by atoms with E-state index in [1.54, 1.807) is 0 Å². The molecule has 1 unspecified atom stereocenters. The molecule has 1 amide bonds. The van der Waals surface area contributed by atoms with Crippen molar-refractivity contribution in [3.63, 3.8) is 0 Å². The molecular weight excluding hydrogens is 278 g/mol. The number of carbonyl (C=O) groups is 1. The first kappa shape index (κ1) is 16.9. The SMILES string of the molecule is CC1(CNCc2ccc[nH]2)CCCN(C(=O)OC(C)(C)C)C1. The van der Waals surface area contributed by atoms with Crippen LogP contribution < -0.4 is 5.32 Å². The second kappa shape index (κ2) is 6.73. The Morgan fingerprint density at radius 2 is 2.27 bits per heavy atom. The van der Waals surface area contributed by atoms with E-state index in [9.17, 15) is 4.79 Å². The van der Waals surface area contributed by atoms with Crippen LogP contribution in [0.25, 0.3) is 0 Å². The summed E-state index contributed by atoms with van der Waals surface area (Å²) in [7, 11) is 0. The predicted molar refractivity (Wildman–Crippen MR) is 87.6 cm³/mol. The smallest absolute Gasteiger partial charge is 0.410 e. The highest BCUT2D eigenvalue weighted by Gasteiger charge is 2.34. The lowest BCUT2D eigenvalue weighted by Gasteiger charge is -2.41. The van der Waals surface area contributed by atoms with E-state index >= 15 is 0 Å². The van der Waals surface area contributed by atoms with Gasteiger partial charge in [-0.2, -0.15) is 0 Å². The molecule has 2 rings (SSSR count). The zero-order valence-electron chi connectivity index (χ0n) is 14.2. The van der Waals surface area contributed by atoms with Crippen LogP contribution in [-0.2, 0) is 11.3 Å². The summed E-state index contributed by atoms with van der Waals surface area (Å²) < 4.78 is 5.50. The standard InChI is InChI=1S/C17H29N3O2/c1-16(2,3)22-15(21)20-10-6-8-17(4,13-20)12-18-11-14-7-5-9-19-14/h5,7,9,18-19H,6,8,10-13H2,1-4H3. The minimum absolute atomic E-state index is 0.0990. The highest BCUT2D eigenvalue weighted by molar-refractivity contribution is 5.68. The van der Waals surface area contributed by atoms with Crippen molar-refractivity contribution in [2.75, 3.05) is 19.6 Å². The van der Waals surface area contributed by atoms with E-state index < -0.39 is 5.60 Å². The molecule has 0 radical (unpaired) electrons. The highest BCUT2D eigenvalue weighted by atomic mass is 16.6. The molecule has 0 bridgehead atoms. The van der Waals surface area contributed by atoms with Crippen molar-refractivity contribution in [3.8, 4) is 0 Å². The van der Waals surface area contributed by atoms with E-state index in [-0.39, 0.29) is 11.5 Å². The maximum atomic E-state index is 12.2. The van der Waals surface area contributed by atoms with Gasteiger partial charge in [-0.25, -0.2) is 4.79 Å². The quantitative estimate of drug-likeness (QED) is 0.898. The molecule has 0 aromatic carbocycles. The maximum Gasteiger partial charge on any atom is 0.410 e. The molecule has 1 fully saturated rings. The van der Waals surface area contributed by atoms with Crippen LogP contribution in [0.15, 0.2) is 18.3 Å². The van der Waals surface area contributed by atoms with Crippen LogP contribution in [0.3, 0.4) is 0 Å². The Morgan fingerprint density at radius 1 is 1.50 bits per heavy atom. The molecule has 1 aliphatic rings.